The molecule has 0 radical (unpaired) electrons. The topological polar surface area (TPSA) is 43.1 Å². The quantitative estimate of drug-likeness (QED) is 0.608. The molecule has 0 unspecified atom stereocenters. The fourth-order valence-corrected chi connectivity index (χ4v) is 1.11. The molecule has 0 fully saturated rings. The average molecular weight is 153 g/mol. The van der Waals surface area contributed by atoms with E-state index in [1.807, 2.05) is 6.92 Å². The maximum Gasteiger partial charge on any atom is 0.165 e. The molecule has 0 atom stereocenters. The van der Waals surface area contributed by atoms with Gasteiger partial charge in [0.1, 0.15) is 5.76 Å². The van der Waals surface area contributed by atoms with Crippen molar-refractivity contribution in [1.82, 2.24) is 5.16 Å². The Balaban J connectivity index is 3.17. The van der Waals surface area contributed by atoms with Gasteiger partial charge in [0, 0.05) is 0 Å². The number of carbonyl (C=O) groups is 1. The van der Waals surface area contributed by atoms with Crippen LogP contribution in [0.15, 0.2) is 4.52 Å². The third-order valence-electron chi connectivity index (χ3n) is 1.62. The number of carbonyl (C=O) groups excluding carboxylic acids is 1. The Bertz CT molecular complexity index is 276. The zero-order valence-corrected chi connectivity index (χ0v) is 6.97. The molecule has 1 aromatic rings. The fourth-order valence-electron chi connectivity index (χ4n) is 1.11. The molecule has 0 saturated heterocycles. The number of nitrogens with zero attached hydrogens (tertiary/aromatic N) is 1. The Morgan fingerprint density at radius 3 is 2.64 bits per heavy atom. The van der Waals surface area contributed by atoms with Gasteiger partial charge in [-0.1, -0.05) is 12.1 Å². The zero-order valence-electron chi connectivity index (χ0n) is 6.97. The van der Waals surface area contributed by atoms with E-state index in [1.54, 1.807) is 6.92 Å². The molecule has 0 aliphatic heterocycles. The predicted octanol–water partition coefficient (Wildman–Crippen LogP) is 1.75. The fraction of sp³-hybridized carbons (Fsp3) is 0.500. The molecule has 3 heteroatoms. The van der Waals surface area contributed by atoms with Crippen LogP contribution in [0.25, 0.3) is 0 Å². The van der Waals surface area contributed by atoms with Crippen molar-refractivity contribution >= 4 is 5.78 Å². The van der Waals surface area contributed by atoms with Crippen LogP contribution in [0.1, 0.15) is 35.7 Å². The summed E-state index contributed by atoms with van der Waals surface area (Å²) in [6.45, 7) is 5.23. The minimum atomic E-state index is 0.0283. The second-order valence-corrected chi connectivity index (χ2v) is 2.47. The zero-order chi connectivity index (χ0) is 8.43. The number of Topliss-reactive ketones (excluding diaryl/α,β-unsaturated/α-hetero) is 1. The molecular formula is C8H11NO2. The van der Waals surface area contributed by atoms with Gasteiger partial charge in [-0.2, -0.15) is 0 Å². The first-order valence-electron chi connectivity index (χ1n) is 3.63. The van der Waals surface area contributed by atoms with E-state index in [-0.39, 0.29) is 5.78 Å². The van der Waals surface area contributed by atoms with Crippen molar-refractivity contribution in [2.24, 2.45) is 0 Å². The van der Waals surface area contributed by atoms with Crippen molar-refractivity contribution in [3.05, 3.63) is 17.0 Å². The molecular weight excluding hydrogens is 142 g/mol. The van der Waals surface area contributed by atoms with Crippen molar-refractivity contribution in [2.45, 2.75) is 27.2 Å². The van der Waals surface area contributed by atoms with Gasteiger partial charge >= 0.3 is 0 Å². The molecule has 1 aromatic heterocycles. The lowest BCUT2D eigenvalue weighted by Gasteiger charge is -1.91. The van der Waals surface area contributed by atoms with Crippen LogP contribution in [-0.2, 0) is 6.42 Å². The van der Waals surface area contributed by atoms with Crippen molar-refractivity contribution in [2.75, 3.05) is 0 Å². The lowest BCUT2D eigenvalue weighted by Crippen LogP contribution is -1.97. The minimum Gasteiger partial charge on any atom is -0.361 e. The summed E-state index contributed by atoms with van der Waals surface area (Å²) in [6, 6.07) is 0. The largest absolute Gasteiger partial charge is 0.361 e. The SMILES string of the molecule is CCc1noc(C)c1C(C)=O. The van der Waals surface area contributed by atoms with E-state index in [0.717, 1.165) is 12.1 Å². The molecule has 0 saturated carbocycles. The summed E-state index contributed by atoms with van der Waals surface area (Å²) in [6.07, 6.45) is 0.742. The highest BCUT2D eigenvalue weighted by Gasteiger charge is 2.14. The number of rotatable bonds is 2. The minimum absolute atomic E-state index is 0.0283. The van der Waals surface area contributed by atoms with Gasteiger partial charge in [-0.25, -0.2) is 0 Å². The van der Waals surface area contributed by atoms with Crippen LogP contribution in [0.3, 0.4) is 0 Å². The Kier molecular flexibility index (Phi) is 2.08. The number of aromatic nitrogens is 1. The van der Waals surface area contributed by atoms with Crippen molar-refractivity contribution in [3.63, 3.8) is 0 Å². The summed E-state index contributed by atoms with van der Waals surface area (Å²) in [4.78, 5) is 11.0. The molecule has 0 N–H and O–H groups in total. The maximum absolute atomic E-state index is 11.0. The first-order valence-corrected chi connectivity index (χ1v) is 3.63. The third-order valence-corrected chi connectivity index (χ3v) is 1.62. The molecule has 1 rings (SSSR count). The van der Waals surface area contributed by atoms with Gasteiger partial charge in [0.15, 0.2) is 5.78 Å². The number of hydrogen-bond acceptors (Lipinski definition) is 3. The molecule has 1 heterocycles. The molecule has 60 valence electrons. The highest BCUT2D eigenvalue weighted by atomic mass is 16.5. The van der Waals surface area contributed by atoms with E-state index in [1.165, 1.54) is 6.92 Å². The second-order valence-electron chi connectivity index (χ2n) is 2.47. The van der Waals surface area contributed by atoms with E-state index in [4.69, 9.17) is 4.52 Å². The number of aryl methyl sites for hydroxylation is 2. The monoisotopic (exact) mass is 153 g/mol. The first kappa shape index (κ1) is 7.98. The van der Waals surface area contributed by atoms with Gasteiger partial charge in [0.05, 0.1) is 11.3 Å². The lowest BCUT2D eigenvalue weighted by molar-refractivity contribution is 0.101. The second kappa shape index (κ2) is 2.86. The Morgan fingerprint density at radius 2 is 2.27 bits per heavy atom. The van der Waals surface area contributed by atoms with Crippen molar-refractivity contribution in [3.8, 4) is 0 Å². The molecule has 3 nitrogen and oxygen atoms in total. The van der Waals surface area contributed by atoms with E-state index in [2.05, 4.69) is 5.16 Å². The van der Waals surface area contributed by atoms with E-state index < -0.39 is 0 Å². The summed E-state index contributed by atoms with van der Waals surface area (Å²) in [7, 11) is 0. The summed E-state index contributed by atoms with van der Waals surface area (Å²) >= 11 is 0. The molecule has 0 spiro atoms. The van der Waals surface area contributed by atoms with Crippen LogP contribution in [0.5, 0.6) is 0 Å². The highest BCUT2D eigenvalue weighted by molar-refractivity contribution is 5.95. The van der Waals surface area contributed by atoms with Crippen LogP contribution < -0.4 is 0 Å². The number of ketones is 1. The van der Waals surface area contributed by atoms with Gasteiger partial charge in [0.25, 0.3) is 0 Å². The highest BCUT2D eigenvalue weighted by Crippen LogP contribution is 2.13. The molecule has 0 aliphatic carbocycles. The molecule has 0 amide bonds. The van der Waals surface area contributed by atoms with Gasteiger partial charge < -0.3 is 4.52 Å². The first-order chi connectivity index (χ1) is 5.16. The molecule has 11 heavy (non-hydrogen) atoms. The molecule has 0 aliphatic rings. The summed E-state index contributed by atoms with van der Waals surface area (Å²) in [5, 5.41) is 3.76. The van der Waals surface area contributed by atoms with Gasteiger partial charge in [-0.15, -0.1) is 0 Å². The standard InChI is InChI=1S/C8H11NO2/c1-4-7-8(5(2)10)6(3)11-9-7/h4H2,1-3H3. The van der Waals surface area contributed by atoms with E-state index >= 15 is 0 Å². The van der Waals surface area contributed by atoms with Crippen LogP contribution >= 0.6 is 0 Å². The Hall–Kier alpha value is -1.12. The Labute approximate surface area is 65.4 Å². The van der Waals surface area contributed by atoms with Crippen LogP contribution in [0, 0.1) is 6.92 Å². The summed E-state index contributed by atoms with van der Waals surface area (Å²) in [5.41, 5.74) is 1.41. The van der Waals surface area contributed by atoms with Crippen molar-refractivity contribution < 1.29 is 9.32 Å². The summed E-state index contributed by atoms with van der Waals surface area (Å²) < 4.78 is 4.88. The van der Waals surface area contributed by atoms with Crippen LogP contribution in [0.2, 0.25) is 0 Å². The normalized spacial score (nSPS) is 10.1. The van der Waals surface area contributed by atoms with Gasteiger partial charge in [-0.05, 0) is 20.3 Å². The predicted molar refractivity (Wildman–Crippen MR) is 40.6 cm³/mol. The van der Waals surface area contributed by atoms with Gasteiger partial charge in [0.2, 0.25) is 0 Å². The number of hydrogen-bond donors (Lipinski definition) is 0. The van der Waals surface area contributed by atoms with Crippen LogP contribution in [0.4, 0.5) is 0 Å². The maximum atomic E-state index is 11.0. The third kappa shape index (κ3) is 1.31. The smallest absolute Gasteiger partial charge is 0.165 e. The average Bonchev–Trinajstić information content (AvgIpc) is 2.30. The lowest BCUT2D eigenvalue weighted by atomic mass is 10.1. The van der Waals surface area contributed by atoms with E-state index in [9.17, 15) is 4.79 Å². The van der Waals surface area contributed by atoms with Gasteiger partial charge in [-0.3, -0.25) is 4.79 Å². The van der Waals surface area contributed by atoms with Crippen LogP contribution in [-0.4, -0.2) is 10.9 Å². The molecule has 0 bridgehead atoms. The Morgan fingerprint density at radius 1 is 1.64 bits per heavy atom. The summed E-state index contributed by atoms with van der Waals surface area (Å²) in [5.74, 6) is 0.648. The molecule has 0 aromatic carbocycles. The van der Waals surface area contributed by atoms with E-state index in [0.29, 0.717) is 11.3 Å². The van der Waals surface area contributed by atoms with Crippen molar-refractivity contribution in [1.29, 1.82) is 0 Å².